The van der Waals surface area contributed by atoms with Crippen LogP contribution in [0.5, 0.6) is 5.88 Å². The number of carbonyl (C=O) groups is 1. The van der Waals surface area contributed by atoms with Crippen molar-refractivity contribution in [2.24, 2.45) is 4.99 Å². The van der Waals surface area contributed by atoms with Gasteiger partial charge in [-0.15, -0.1) is 0 Å². The number of carbonyl (C=O) groups excluding carboxylic acids is 1. The third-order valence-electron chi connectivity index (χ3n) is 10.1. The number of aliphatic hydroxyl groups is 1. The van der Waals surface area contributed by atoms with Crippen molar-refractivity contribution in [3.8, 4) is 5.88 Å². The maximum absolute atomic E-state index is 14.1. The topological polar surface area (TPSA) is 146 Å². The molecule has 0 unspecified atom stereocenters. The Morgan fingerprint density at radius 3 is 2.02 bits per heavy atom. The van der Waals surface area contributed by atoms with Crippen LogP contribution in [0.3, 0.4) is 0 Å². The molecule has 2 saturated heterocycles. The summed E-state index contributed by atoms with van der Waals surface area (Å²) in [5.74, 6) is -0.0809. The molecule has 0 saturated carbocycles. The van der Waals surface area contributed by atoms with Gasteiger partial charge in [0.15, 0.2) is 17.4 Å². The van der Waals surface area contributed by atoms with E-state index in [4.69, 9.17) is 27.4 Å². The fourth-order valence-electron chi connectivity index (χ4n) is 7.37. The molecule has 14 nitrogen and oxygen atoms in total. The number of rotatable bonds is 10. The normalized spacial score (nSPS) is 22.6. The second-order valence-electron chi connectivity index (χ2n) is 15.3. The zero-order valence-corrected chi connectivity index (χ0v) is 34.8. The van der Waals surface area contributed by atoms with Crippen LogP contribution in [0, 0.1) is 0 Å². The van der Waals surface area contributed by atoms with Crippen LogP contribution < -0.4 is 9.64 Å². The summed E-state index contributed by atoms with van der Waals surface area (Å²) in [6, 6.07) is 18.4. The van der Waals surface area contributed by atoms with Gasteiger partial charge in [-0.1, -0.05) is 91.8 Å². The minimum atomic E-state index is -3.04. The zero-order valence-electron chi connectivity index (χ0n) is 32.8. The van der Waals surface area contributed by atoms with E-state index in [1.807, 2.05) is 74.8 Å². The van der Waals surface area contributed by atoms with Crippen molar-refractivity contribution in [2.75, 3.05) is 25.6 Å². The number of fused-ring (bicyclic) bond motifs is 2. The van der Waals surface area contributed by atoms with Crippen molar-refractivity contribution < 1.29 is 32.3 Å². The van der Waals surface area contributed by atoms with E-state index in [1.165, 1.54) is 11.2 Å². The Morgan fingerprint density at radius 2 is 1.48 bits per heavy atom. The number of aliphatic hydroxyl groups excluding tert-OH is 1. The molecule has 290 valence electrons. The van der Waals surface area contributed by atoms with E-state index in [9.17, 15) is 9.90 Å². The number of hydrogen-bond acceptors (Lipinski definition) is 11. The molecule has 4 aromatic rings. The number of amides is 1. The highest BCUT2D eigenvalue weighted by atomic mass is 28.5. The summed E-state index contributed by atoms with van der Waals surface area (Å²) in [5, 5.41) is 12.1. The third-order valence-corrected chi connectivity index (χ3v) is 20.3. The van der Waals surface area contributed by atoms with Crippen LogP contribution in [0.4, 0.5) is 22.1 Å². The van der Waals surface area contributed by atoms with Crippen molar-refractivity contribution >= 4 is 58.0 Å². The molecule has 2 aromatic carbocycles. The van der Waals surface area contributed by atoms with Crippen LogP contribution in [-0.4, -0.2) is 98.1 Å². The van der Waals surface area contributed by atoms with E-state index < -0.39 is 47.8 Å². The van der Waals surface area contributed by atoms with Gasteiger partial charge in [-0.2, -0.15) is 9.97 Å². The molecule has 4 heterocycles. The molecule has 0 spiro atoms. The third kappa shape index (κ3) is 7.47. The van der Waals surface area contributed by atoms with E-state index in [0.29, 0.717) is 11.4 Å². The molecule has 1 N–H and O–H groups in total. The molecule has 2 aliphatic heterocycles. The molecule has 0 aliphatic carbocycles. The summed E-state index contributed by atoms with van der Waals surface area (Å²) in [5.41, 5.74) is 2.08. The van der Waals surface area contributed by atoms with Gasteiger partial charge in [0.1, 0.15) is 18.3 Å². The summed E-state index contributed by atoms with van der Waals surface area (Å²) < 4.78 is 35.7. The van der Waals surface area contributed by atoms with E-state index in [2.05, 4.69) is 70.4 Å². The first-order chi connectivity index (χ1) is 25.7. The Kier molecular flexibility index (Phi) is 11.7. The molecule has 6 rings (SSSR count). The van der Waals surface area contributed by atoms with Gasteiger partial charge in [0, 0.05) is 14.1 Å². The number of para-hydroxylation sites is 2. The Labute approximate surface area is 319 Å². The molecule has 2 aliphatic rings. The van der Waals surface area contributed by atoms with Crippen molar-refractivity contribution in [3.63, 3.8) is 0 Å². The first-order valence-electron chi connectivity index (χ1n) is 18.6. The van der Waals surface area contributed by atoms with Gasteiger partial charge < -0.3 is 32.4 Å². The summed E-state index contributed by atoms with van der Waals surface area (Å²) in [4.78, 5) is 35.5. The summed E-state index contributed by atoms with van der Waals surface area (Å²) in [7, 11) is -2.24. The average Bonchev–Trinajstić information content (AvgIpc) is 3.67. The Morgan fingerprint density at radius 1 is 0.907 bits per heavy atom. The first kappa shape index (κ1) is 39.7. The summed E-state index contributed by atoms with van der Waals surface area (Å²) in [6.45, 7) is 17.4. The predicted molar refractivity (Wildman–Crippen MR) is 212 cm³/mol. The van der Waals surface area contributed by atoms with Gasteiger partial charge in [-0.25, -0.2) is 19.7 Å². The van der Waals surface area contributed by atoms with Gasteiger partial charge in [-0.3, -0.25) is 4.57 Å². The van der Waals surface area contributed by atoms with Crippen LogP contribution >= 0.6 is 0 Å². The molecular formula is C38H53N7O7Si2. The molecule has 2 aromatic heterocycles. The smallest absolute Gasteiger partial charge is 0.414 e. The van der Waals surface area contributed by atoms with Crippen LogP contribution in [0.1, 0.15) is 61.6 Å². The number of ether oxygens (including phenoxy) is 2. The molecular weight excluding hydrogens is 723 g/mol. The van der Waals surface area contributed by atoms with Gasteiger partial charge in [0.25, 0.3) is 11.8 Å². The fourth-order valence-corrected chi connectivity index (χ4v) is 18.6. The van der Waals surface area contributed by atoms with Crippen molar-refractivity contribution in [1.29, 1.82) is 0 Å². The lowest BCUT2D eigenvalue weighted by Gasteiger charge is -2.51. The van der Waals surface area contributed by atoms with Gasteiger partial charge in [-0.05, 0) is 46.4 Å². The van der Waals surface area contributed by atoms with Crippen molar-refractivity contribution in [1.82, 2.24) is 24.4 Å². The molecule has 1 amide bonds. The maximum Gasteiger partial charge on any atom is 0.425 e. The van der Waals surface area contributed by atoms with Crippen LogP contribution in [0.25, 0.3) is 11.2 Å². The van der Waals surface area contributed by atoms with E-state index in [-0.39, 0.29) is 51.8 Å². The average molecular weight is 776 g/mol. The second kappa shape index (κ2) is 16.0. The van der Waals surface area contributed by atoms with Gasteiger partial charge in [0.05, 0.1) is 30.6 Å². The highest BCUT2D eigenvalue weighted by Crippen LogP contribution is 2.48. The molecule has 0 radical (unpaired) electrons. The lowest BCUT2D eigenvalue weighted by Crippen LogP contribution is -2.65. The van der Waals surface area contributed by atoms with E-state index in [0.717, 1.165) is 0 Å². The quantitative estimate of drug-likeness (QED) is 0.0966. The molecule has 0 bridgehead atoms. The highest BCUT2D eigenvalue weighted by molar-refractivity contribution is 6.84. The summed E-state index contributed by atoms with van der Waals surface area (Å²) in [6.07, 6.45) is -1.12. The number of aromatic nitrogens is 4. The number of anilines is 2. The predicted octanol–water partition coefficient (Wildman–Crippen LogP) is 7.60. The second-order valence-corrected chi connectivity index (χ2v) is 24.2. The Balaban J connectivity index is 1.41. The van der Waals surface area contributed by atoms with Crippen LogP contribution in [0.2, 0.25) is 22.2 Å². The molecule has 2 fully saturated rings. The van der Waals surface area contributed by atoms with Gasteiger partial charge >= 0.3 is 23.2 Å². The number of benzene rings is 2. The molecule has 54 heavy (non-hydrogen) atoms. The first-order valence-corrected chi connectivity index (χ1v) is 22.5. The van der Waals surface area contributed by atoms with E-state index >= 15 is 0 Å². The summed E-state index contributed by atoms with van der Waals surface area (Å²) >= 11 is 0. The fraction of sp³-hybridized carbons (Fsp3) is 0.500. The number of imidazole rings is 1. The zero-order chi connectivity index (χ0) is 38.9. The SMILES string of the molecule is CC(C)[Si]1(C(C)C)OC[C@H]2O[C@@H](n3cnc4c(OC(=O)N(c5ccccc5)c5ccccc5)nc(N=CN(C)C)nc43)[C@H](O)[C@@H]2O[Si](C(C)C)(C(C)C)O1. The standard InChI is InChI=1S/C38H53N7O7Si2/c1-24(2)53(25(3)4)48-21-30-33(51-54(52-53,26(5)6)27(7)8)32(46)36(49-30)44-23-39-31-34(44)41-37(40-22-43(9)10)42-35(31)50-38(47)45(28-17-13-11-14-18-28)29-19-15-12-16-20-29/h11-20,22-27,30,32-33,36,46H,21H2,1-10H3/t30-,32-,33-,36-/m1/s1. The largest absolute Gasteiger partial charge is 0.425 e. The highest BCUT2D eigenvalue weighted by Gasteiger charge is 2.61. The van der Waals surface area contributed by atoms with Gasteiger partial charge in [0.2, 0.25) is 0 Å². The number of nitrogens with zero attached hydrogens (tertiary/aromatic N) is 7. The molecule has 4 atom stereocenters. The Bertz CT molecular complexity index is 1870. The number of aliphatic imine (C=N–C) groups is 1. The minimum absolute atomic E-state index is 0.0221. The van der Waals surface area contributed by atoms with E-state index in [1.54, 1.807) is 15.8 Å². The Hall–Kier alpha value is -4.04. The monoisotopic (exact) mass is 775 g/mol. The van der Waals surface area contributed by atoms with Crippen molar-refractivity contribution in [2.45, 2.75) is 102 Å². The molecule has 16 heteroatoms. The van der Waals surface area contributed by atoms with Crippen molar-refractivity contribution in [3.05, 3.63) is 67.0 Å². The maximum atomic E-state index is 14.1. The lowest BCUT2D eigenvalue weighted by atomic mass is 10.1. The minimum Gasteiger partial charge on any atom is -0.414 e. The van der Waals surface area contributed by atoms with Crippen LogP contribution in [-0.2, 0) is 17.7 Å². The number of hydrogen-bond donors (Lipinski definition) is 1. The lowest BCUT2D eigenvalue weighted by molar-refractivity contribution is -0.0570. The van der Waals surface area contributed by atoms with Crippen LogP contribution in [0.15, 0.2) is 72.0 Å².